The van der Waals surface area contributed by atoms with Crippen molar-refractivity contribution >= 4 is 22.7 Å². The highest BCUT2D eigenvalue weighted by molar-refractivity contribution is 5.92. The molecule has 1 aliphatic rings. The molecule has 2 heterocycles. The van der Waals surface area contributed by atoms with Crippen LogP contribution in [0.25, 0.3) is 10.9 Å². The average molecular weight is 495 g/mol. The highest BCUT2D eigenvalue weighted by Gasteiger charge is 2.40. The number of aromatic nitrogens is 1. The van der Waals surface area contributed by atoms with Crippen LogP contribution in [0.5, 0.6) is 0 Å². The first-order chi connectivity index (χ1) is 18.0. The quantitative estimate of drug-likeness (QED) is 0.383. The Labute approximate surface area is 218 Å². The highest BCUT2D eigenvalue weighted by Crippen LogP contribution is 2.30. The van der Waals surface area contributed by atoms with Gasteiger partial charge in [-0.1, -0.05) is 85.8 Å². The Morgan fingerprint density at radius 3 is 2.35 bits per heavy atom. The Hall–Kier alpha value is -3.90. The Morgan fingerprint density at radius 1 is 0.973 bits per heavy atom. The second-order valence-corrected chi connectivity index (χ2v) is 9.93. The van der Waals surface area contributed by atoms with Crippen molar-refractivity contribution < 1.29 is 9.59 Å². The normalized spacial score (nSPS) is 17.5. The molecule has 190 valence electrons. The largest absolute Gasteiger partial charge is 0.361 e. The number of hydrogen-bond donors (Lipinski definition) is 2. The first-order valence-electron chi connectivity index (χ1n) is 13.0. The Kier molecular flexibility index (Phi) is 7.37. The lowest BCUT2D eigenvalue weighted by Gasteiger charge is -2.41. The molecule has 1 saturated heterocycles. The first kappa shape index (κ1) is 24.8. The lowest BCUT2D eigenvalue weighted by atomic mass is 9.90. The summed E-state index contributed by atoms with van der Waals surface area (Å²) in [6.45, 7) is 3.73. The van der Waals surface area contributed by atoms with Crippen LogP contribution in [-0.4, -0.2) is 58.8 Å². The number of fused-ring (bicyclic) bond motifs is 1. The molecule has 1 aliphatic heterocycles. The predicted octanol–water partition coefficient (Wildman–Crippen LogP) is 4.34. The van der Waals surface area contributed by atoms with Crippen LogP contribution < -0.4 is 5.32 Å². The van der Waals surface area contributed by atoms with Crippen LogP contribution in [0.1, 0.15) is 29.5 Å². The molecular weight excluding hydrogens is 460 g/mol. The van der Waals surface area contributed by atoms with E-state index in [9.17, 15) is 9.59 Å². The number of carbonyl (C=O) groups is 2. The summed E-state index contributed by atoms with van der Waals surface area (Å²) in [4.78, 5) is 34.8. The summed E-state index contributed by atoms with van der Waals surface area (Å²) in [7, 11) is 1.83. The zero-order valence-corrected chi connectivity index (χ0v) is 21.4. The third-order valence-corrected chi connectivity index (χ3v) is 7.45. The number of piperazine rings is 1. The molecule has 3 aromatic carbocycles. The number of likely N-dealkylation sites (N-methyl/N-ethyl adjacent to an activating group) is 1. The number of amides is 2. The molecule has 0 spiro atoms. The van der Waals surface area contributed by atoms with E-state index in [1.165, 1.54) is 0 Å². The van der Waals surface area contributed by atoms with Crippen molar-refractivity contribution in [3.8, 4) is 0 Å². The molecule has 3 atom stereocenters. The van der Waals surface area contributed by atoms with Crippen molar-refractivity contribution in [2.75, 3.05) is 20.1 Å². The van der Waals surface area contributed by atoms with Crippen LogP contribution in [0.3, 0.4) is 0 Å². The minimum absolute atomic E-state index is 0.0218. The van der Waals surface area contributed by atoms with E-state index in [0.29, 0.717) is 26.1 Å². The third-order valence-electron chi connectivity index (χ3n) is 7.45. The van der Waals surface area contributed by atoms with Crippen LogP contribution in [0, 0.1) is 0 Å². The van der Waals surface area contributed by atoms with Crippen molar-refractivity contribution in [2.45, 2.75) is 37.9 Å². The van der Waals surface area contributed by atoms with E-state index >= 15 is 0 Å². The van der Waals surface area contributed by atoms with Gasteiger partial charge in [0.25, 0.3) is 0 Å². The molecule has 5 rings (SSSR count). The minimum atomic E-state index is -0.566. The second kappa shape index (κ2) is 11.0. The van der Waals surface area contributed by atoms with Gasteiger partial charge in [-0.3, -0.25) is 9.59 Å². The molecule has 37 heavy (non-hydrogen) atoms. The third kappa shape index (κ3) is 5.30. The zero-order valence-electron chi connectivity index (χ0n) is 21.4. The van der Waals surface area contributed by atoms with Crippen LogP contribution in [0.4, 0.5) is 0 Å². The van der Waals surface area contributed by atoms with Crippen molar-refractivity contribution in [1.82, 2.24) is 20.1 Å². The summed E-state index contributed by atoms with van der Waals surface area (Å²) < 4.78 is 0. The monoisotopic (exact) mass is 494 g/mol. The van der Waals surface area contributed by atoms with Gasteiger partial charge in [0.15, 0.2) is 0 Å². The number of H-pyrrole nitrogens is 1. The molecule has 6 heteroatoms. The molecule has 4 aromatic rings. The Morgan fingerprint density at radius 2 is 1.62 bits per heavy atom. The zero-order chi connectivity index (χ0) is 25.8. The molecule has 0 bridgehead atoms. The highest BCUT2D eigenvalue weighted by atomic mass is 16.2. The second-order valence-electron chi connectivity index (χ2n) is 9.93. The van der Waals surface area contributed by atoms with Crippen molar-refractivity contribution in [1.29, 1.82) is 0 Å². The van der Waals surface area contributed by atoms with Gasteiger partial charge in [-0.2, -0.15) is 0 Å². The molecule has 2 N–H and O–H groups in total. The van der Waals surface area contributed by atoms with Gasteiger partial charge in [-0.15, -0.1) is 0 Å². The summed E-state index contributed by atoms with van der Waals surface area (Å²) >= 11 is 0. The molecule has 0 radical (unpaired) electrons. The fourth-order valence-electron chi connectivity index (χ4n) is 5.42. The van der Waals surface area contributed by atoms with Gasteiger partial charge in [0.05, 0.1) is 6.04 Å². The number of nitrogens with one attached hydrogen (secondary N) is 2. The van der Waals surface area contributed by atoms with Crippen LogP contribution in [0.15, 0.2) is 91.1 Å². The van der Waals surface area contributed by atoms with Crippen LogP contribution in [-0.2, 0) is 22.6 Å². The van der Waals surface area contributed by atoms with E-state index in [0.717, 1.165) is 27.6 Å². The SMILES string of the molecule is CC(c1c[nH]c2ccccc12)C1NCCN([C@@H](Cc2ccccc2)C(=O)N(C)Cc2ccccc2)C1=O. The maximum atomic E-state index is 14.0. The van der Waals surface area contributed by atoms with Gasteiger partial charge in [0.1, 0.15) is 6.04 Å². The Balaban J connectivity index is 1.41. The van der Waals surface area contributed by atoms with Gasteiger partial charge in [0.2, 0.25) is 11.8 Å². The maximum absolute atomic E-state index is 14.0. The number of nitrogens with zero attached hydrogens (tertiary/aromatic N) is 2. The number of para-hydroxylation sites is 1. The first-order valence-corrected chi connectivity index (χ1v) is 13.0. The van der Waals surface area contributed by atoms with E-state index in [-0.39, 0.29) is 17.7 Å². The summed E-state index contributed by atoms with van der Waals surface area (Å²) in [5, 5.41) is 4.57. The van der Waals surface area contributed by atoms with Gasteiger partial charge in [0, 0.05) is 56.1 Å². The number of hydrogen-bond acceptors (Lipinski definition) is 3. The van der Waals surface area contributed by atoms with E-state index in [1.54, 1.807) is 4.90 Å². The minimum Gasteiger partial charge on any atom is -0.361 e. The van der Waals surface area contributed by atoms with Crippen molar-refractivity contribution in [3.63, 3.8) is 0 Å². The fraction of sp³-hybridized carbons (Fsp3) is 0.290. The van der Waals surface area contributed by atoms with Crippen LogP contribution >= 0.6 is 0 Å². The molecule has 0 aliphatic carbocycles. The van der Waals surface area contributed by atoms with Gasteiger partial charge >= 0.3 is 0 Å². The Bertz CT molecular complexity index is 1350. The van der Waals surface area contributed by atoms with Gasteiger partial charge in [-0.25, -0.2) is 0 Å². The number of carbonyl (C=O) groups excluding carboxylic acids is 2. The van der Waals surface area contributed by atoms with Gasteiger partial charge in [-0.05, 0) is 22.8 Å². The number of aromatic amines is 1. The number of rotatable bonds is 8. The lowest BCUT2D eigenvalue weighted by molar-refractivity contribution is -0.148. The molecule has 6 nitrogen and oxygen atoms in total. The molecule has 1 fully saturated rings. The van der Waals surface area contributed by atoms with Crippen molar-refractivity contribution in [3.05, 3.63) is 108 Å². The standard InChI is InChI=1S/C31H34N4O2/c1-22(26-20-33-27-16-10-9-15-25(26)27)29-31(37)35(18-17-32-29)28(19-23-11-5-3-6-12-23)30(36)34(2)21-24-13-7-4-8-14-24/h3-16,20,22,28-29,32-33H,17-19,21H2,1-2H3/t22?,28-,29?/m0/s1. The number of benzene rings is 3. The van der Waals surface area contributed by atoms with E-state index in [4.69, 9.17) is 0 Å². The molecule has 2 unspecified atom stereocenters. The van der Waals surface area contributed by atoms with E-state index in [2.05, 4.69) is 23.3 Å². The molecule has 0 saturated carbocycles. The summed E-state index contributed by atoms with van der Waals surface area (Å²) in [5.41, 5.74) is 4.27. The topological polar surface area (TPSA) is 68.4 Å². The van der Waals surface area contributed by atoms with Crippen molar-refractivity contribution in [2.24, 2.45) is 0 Å². The summed E-state index contributed by atoms with van der Waals surface area (Å²) in [6, 6.07) is 27.1. The van der Waals surface area contributed by atoms with E-state index < -0.39 is 12.1 Å². The summed E-state index contributed by atoms with van der Waals surface area (Å²) in [6.07, 6.45) is 2.49. The van der Waals surface area contributed by atoms with E-state index in [1.807, 2.05) is 97.0 Å². The fourth-order valence-corrected chi connectivity index (χ4v) is 5.42. The predicted molar refractivity (Wildman–Crippen MR) is 147 cm³/mol. The van der Waals surface area contributed by atoms with Crippen LogP contribution in [0.2, 0.25) is 0 Å². The maximum Gasteiger partial charge on any atom is 0.245 e. The molecule has 1 aromatic heterocycles. The smallest absolute Gasteiger partial charge is 0.245 e. The molecule has 2 amide bonds. The summed E-state index contributed by atoms with van der Waals surface area (Å²) in [5.74, 6) is -0.117. The van der Waals surface area contributed by atoms with Gasteiger partial charge < -0.3 is 20.1 Å². The lowest BCUT2D eigenvalue weighted by Crippen LogP contribution is -2.62. The molecular formula is C31H34N4O2. The average Bonchev–Trinajstić information content (AvgIpc) is 3.37.